The lowest BCUT2D eigenvalue weighted by atomic mass is 10.2. The number of alkyl halides is 2. The molecule has 3 aromatic rings. The molecule has 108 valence electrons. The van der Waals surface area contributed by atoms with Crippen LogP contribution in [0.2, 0.25) is 0 Å². The molecule has 21 heavy (non-hydrogen) atoms. The molecule has 1 heterocycles. The van der Waals surface area contributed by atoms with Gasteiger partial charge in [-0.1, -0.05) is 0 Å². The zero-order valence-electron chi connectivity index (χ0n) is 10.6. The standard InChI is InChI=1S/C13H10F2N4O2/c14-13(15)20-8-3-1-7(2-4-8)17-10-6-5-9(16)11-12(10)19-21-18-11/h1-6,13,17H,16H2. The number of benzene rings is 2. The summed E-state index contributed by atoms with van der Waals surface area (Å²) in [4.78, 5) is 0. The van der Waals surface area contributed by atoms with Gasteiger partial charge in [-0.25, -0.2) is 4.63 Å². The minimum Gasteiger partial charge on any atom is -0.435 e. The second kappa shape index (κ2) is 5.23. The molecule has 0 amide bonds. The van der Waals surface area contributed by atoms with Crippen LogP contribution in [-0.4, -0.2) is 16.9 Å². The lowest BCUT2D eigenvalue weighted by Crippen LogP contribution is -2.01. The van der Waals surface area contributed by atoms with E-state index in [1.807, 2.05) is 0 Å². The average molecular weight is 292 g/mol. The zero-order valence-corrected chi connectivity index (χ0v) is 10.6. The van der Waals surface area contributed by atoms with E-state index in [0.29, 0.717) is 28.1 Å². The highest BCUT2D eigenvalue weighted by atomic mass is 19.3. The smallest absolute Gasteiger partial charge is 0.387 e. The Morgan fingerprint density at radius 1 is 1.05 bits per heavy atom. The van der Waals surface area contributed by atoms with Gasteiger partial charge in [-0.3, -0.25) is 0 Å². The maximum atomic E-state index is 12.1. The molecule has 0 fully saturated rings. The maximum Gasteiger partial charge on any atom is 0.387 e. The Morgan fingerprint density at radius 3 is 2.48 bits per heavy atom. The first-order chi connectivity index (χ1) is 10.1. The largest absolute Gasteiger partial charge is 0.435 e. The molecule has 6 nitrogen and oxygen atoms in total. The van der Waals surface area contributed by atoms with Gasteiger partial charge in [-0.2, -0.15) is 8.78 Å². The predicted molar refractivity (Wildman–Crippen MR) is 72.6 cm³/mol. The van der Waals surface area contributed by atoms with Gasteiger partial charge in [-0.05, 0) is 46.7 Å². The summed E-state index contributed by atoms with van der Waals surface area (Å²) in [6.07, 6.45) is 0. The summed E-state index contributed by atoms with van der Waals surface area (Å²) < 4.78 is 33.1. The molecule has 0 spiro atoms. The molecular formula is C13H10F2N4O2. The van der Waals surface area contributed by atoms with Crippen molar-refractivity contribution in [2.24, 2.45) is 0 Å². The van der Waals surface area contributed by atoms with Gasteiger partial charge in [0.2, 0.25) is 0 Å². The van der Waals surface area contributed by atoms with Crippen molar-refractivity contribution in [2.75, 3.05) is 11.1 Å². The Hall–Kier alpha value is -2.90. The predicted octanol–water partition coefficient (Wildman–Crippen LogP) is 3.15. The number of aromatic nitrogens is 2. The third kappa shape index (κ3) is 2.69. The second-order valence-electron chi connectivity index (χ2n) is 4.19. The summed E-state index contributed by atoms with van der Waals surface area (Å²) in [6.45, 7) is -2.85. The molecule has 2 aromatic carbocycles. The van der Waals surface area contributed by atoms with Crippen LogP contribution in [0, 0.1) is 0 Å². The van der Waals surface area contributed by atoms with Crippen molar-refractivity contribution >= 4 is 28.1 Å². The van der Waals surface area contributed by atoms with Gasteiger partial charge in [0.1, 0.15) is 5.75 Å². The highest BCUT2D eigenvalue weighted by molar-refractivity contribution is 5.96. The van der Waals surface area contributed by atoms with Gasteiger partial charge in [0, 0.05) is 5.69 Å². The Kier molecular flexibility index (Phi) is 3.27. The number of nitrogens with one attached hydrogen (secondary N) is 1. The Labute approximate surface area is 117 Å². The Balaban J connectivity index is 1.85. The molecule has 0 atom stereocenters. The molecule has 3 rings (SSSR count). The highest BCUT2D eigenvalue weighted by Gasteiger charge is 2.10. The van der Waals surface area contributed by atoms with Gasteiger partial charge in [0.15, 0.2) is 11.0 Å². The van der Waals surface area contributed by atoms with Crippen molar-refractivity contribution in [3.05, 3.63) is 36.4 Å². The van der Waals surface area contributed by atoms with Crippen molar-refractivity contribution in [3.63, 3.8) is 0 Å². The summed E-state index contributed by atoms with van der Waals surface area (Å²) >= 11 is 0. The van der Waals surface area contributed by atoms with E-state index in [1.165, 1.54) is 12.1 Å². The lowest BCUT2D eigenvalue weighted by molar-refractivity contribution is -0.0498. The number of halogens is 2. The van der Waals surface area contributed by atoms with Crippen molar-refractivity contribution in [1.82, 2.24) is 10.3 Å². The fraction of sp³-hybridized carbons (Fsp3) is 0.0769. The SMILES string of the molecule is Nc1ccc(Nc2ccc(OC(F)F)cc2)c2nonc12. The van der Waals surface area contributed by atoms with E-state index < -0.39 is 6.61 Å². The molecule has 0 saturated heterocycles. The number of hydrogen-bond acceptors (Lipinski definition) is 6. The minimum absolute atomic E-state index is 0.0844. The van der Waals surface area contributed by atoms with E-state index in [1.54, 1.807) is 24.3 Å². The molecule has 0 bridgehead atoms. The monoisotopic (exact) mass is 292 g/mol. The third-order valence-electron chi connectivity index (χ3n) is 2.81. The lowest BCUT2D eigenvalue weighted by Gasteiger charge is -2.08. The van der Waals surface area contributed by atoms with Crippen LogP contribution >= 0.6 is 0 Å². The van der Waals surface area contributed by atoms with E-state index in [2.05, 4.69) is 25.0 Å². The molecule has 0 radical (unpaired) electrons. The van der Waals surface area contributed by atoms with Crippen molar-refractivity contribution in [1.29, 1.82) is 0 Å². The van der Waals surface area contributed by atoms with Gasteiger partial charge in [0.05, 0.1) is 11.4 Å². The molecule has 0 saturated carbocycles. The summed E-state index contributed by atoms with van der Waals surface area (Å²) in [5.74, 6) is 0.0844. The van der Waals surface area contributed by atoms with Gasteiger partial charge in [0.25, 0.3) is 0 Å². The summed E-state index contributed by atoms with van der Waals surface area (Å²) in [7, 11) is 0. The van der Waals surface area contributed by atoms with Crippen LogP contribution in [0.25, 0.3) is 11.0 Å². The fourth-order valence-electron chi connectivity index (χ4n) is 1.86. The first-order valence-corrected chi connectivity index (χ1v) is 5.96. The number of ether oxygens (including phenoxy) is 1. The van der Waals surface area contributed by atoms with Crippen LogP contribution in [0.15, 0.2) is 41.0 Å². The molecular weight excluding hydrogens is 282 g/mol. The molecule has 3 N–H and O–H groups in total. The van der Waals surface area contributed by atoms with Gasteiger partial charge in [-0.15, -0.1) is 0 Å². The summed E-state index contributed by atoms with van der Waals surface area (Å²) in [5, 5.41) is 10.6. The van der Waals surface area contributed by atoms with Crippen LogP contribution in [0.1, 0.15) is 0 Å². The second-order valence-corrected chi connectivity index (χ2v) is 4.19. The molecule has 0 aliphatic carbocycles. The quantitative estimate of drug-likeness (QED) is 0.718. The highest BCUT2D eigenvalue weighted by Crippen LogP contribution is 2.28. The first-order valence-electron chi connectivity index (χ1n) is 5.96. The average Bonchev–Trinajstić information content (AvgIpc) is 2.94. The maximum absolute atomic E-state index is 12.1. The molecule has 0 aliphatic heterocycles. The van der Waals surface area contributed by atoms with Gasteiger partial charge >= 0.3 is 6.61 Å². The van der Waals surface area contributed by atoms with E-state index in [-0.39, 0.29) is 5.75 Å². The van der Waals surface area contributed by atoms with Crippen LogP contribution < -0.4 is 15.8 Å². The van der Waals surface area contributed by atoms with E-state index in [4.69, 9.17) is 5.73 Å². The third-order valence-corrected chi connectivity index (χ3v) is 2.81. The normalized spacial score (nSPS) is 11.0. The van der Waals surface area contributed by atoms with E-state index in [9.17, 15) is 8.78 Å². The minimum atomic E-state index is -2.85. The summed E-state index contributed by atoms with van der Waals surface area (Å²) in [6, 6.07) is 9.48. The van der Waals surface area contributed by atoms with E-state index in [0.717, 1.165) is 0 Å². The first kappa shape index (κ1) is 13.1. The van der Waals surface area contributed by atoms with Gasteiger partial charge < -0.3 is 15.8 Å². The molecule has 1 aromatic heterocycles. The number of nitrogen functional groups attached to an aromatic ring is 1. The number of hydrogen-bond donors (Lipinski definition) is 2. The topological polar surface area (TPSA) is 86.2 Å². The van der Waals surface area contributed by atoms with Crippen LogP contribution in [0.4, 0.5) is 25.8 Å². The Bertz CT molecular complexity index is 758. The fourth-order valence-corrected chi connectivity index (χ4v) is 1.86. The number of nitrogens with two attached hydrogens (primary N) is 1. The molecule has 0 aliphatic rings. The van der Waals surface area contributed by atoms with Crippen molar-refractivity contribution in [3.8, 4) is 5.75 Å². The Morgan fingerprint density at radius 2 is 1.76 bits per heavy atom. The van der Waals surface area contributed by atoms with Crippen LogP contribution in [0.3, 0.4) is 0 Å². The zero-order chi connectivity index (χ0) is 14.8. The van der Waals surface area contributed by atoms with Crippen molar-refractivity contribution < 1.29 is 18.1 Å². The number of fused-ring (bicyclic) bond motifs is 1. The summed E-state index contributed by atoms with van der Waals surface area (Å²) in [5.41, 5.74) is 8.47. The number of anilines is 3. The number of nitrogens with zero attached hydrogens (tertiary/aromatic N) is 2. The van der Waals surface area contributed by atoms with Crippen molar-refractivity contribution in [2.45, 2.75) is 6.61 Å². The molecule has 8 heteroatoms. The van der Waals surface area contributed by atoms with Crippen LogP contribution in [0.5, 0.6) is 5.75 Å². The molecule has 0 unspecified atom stereocenters. The van der Waals surface area contributed by atoms with Crippen LogP contribution in [-0.2, 0) is 0 Å². The number of rotatable bonds is 4. The van der Waals surface area contributed by atoms with E-state index >= 15 is 0 Å².